The molecule has 0 aromatic heterocycles. The first-order valence-electron chi connectivity index (χ1n) is 7.66. The summed E-state index contributed by atoms with van der Waals surface area (Å²) in [6, 6.07) is 15.3. The molecule has 2 aromatic carbocycles. The standard InChI is InChI=1S/C18H17ClN2O2/c1-18-10-15(14-9-13(19)7-8-16(14)23-18)20-17(22)21(18)11-12-5-3-2-4-6-12/h2-9,15H,10-11H2,1H3,(H,20,22)/t15-,18-/m0/s1. The monoisotopic (exact) mass is 328 g/mol. The first-order chi connectivity index (χ1) is 11.0. The zero-order valence-electron chi connectivity index (χ0n) is 12.8. The third-order valence-corrected chi connectivity index (χ3v) is 4.79. The molecule has 118 valence electrons. The first-order valence-corrected chi connectivity index (χ1v) is 8.03. The van der Waals surface area contributed by atoms with Crippen molar-refractivity contribution in [1.29, 1.82) is 0 Å². The van der Waals surface area contributed by atoms with Crippen molar-refractivity contribution in [3.8, 4) is 5.75 Å². The zero-order chi connectivity index (χ0) is 16.0. The van der Waals surface area contributed by atoms with E-state index in [0.29, 0.717) is 18.0 Å². The quantitative estimate of drug-likeness (QED) is 0.901. The molecule has 0 unspecified atom stereocenters. The minimum absolute atomic E-state index is 0.0676. The number of carbonyl (C=O) groups excluding carboxylic acids is 1. The molecule has 0 radical (unpaired) electrons. The van der Waals surface area contributed by atoms with E-state index in [9.17, 15) is 4.79 Å². The summed E-state index contributed by atoms with van der Waals surface area (Å²) in [6.07, 6.45) is 0.693. The van der Waals surface area contributed by atoms with Gasteiger partial charge in [-0.1, -0.05) is 41.9 Å². The summed E-state index contributed by atoms with van der Waals surface area (Å²) in [4.78, 5) is 14.4. The smallest absolute Gasteiger partial charge is 0.321 e. The third-order valence-electron chi connectivity index (χ3n) is 4.56. The highest BCUT2D eigenvalue weighted by Gasteiger charge is 2.48. The molecule has 0 spiro atoms. The predicted octanol–water partition coefficient (Wildman–Crippen LogP) is 4.11. The summed E-state index contributed by atoms with van der Waals surface area (Å²) in [5.74, 6) is 0.784. The molecule has 0 aliphatic carbocycles. The van der Waals surface area contributed by atoms with Gasteiger partial charge in [0.2, 0.25) is 0 Å². The maximum atomic E-state index is 12.6. The fraction of sp³-hybridized carbons (Fsp3) is 0.278. The molecule has 2 aliphatic rings. The summed E-state index contributed by atoms with van der Waals surface area (Å²) in [6.45, 7) is 2.48. The van der Waals surface area contributed by atoms with Crippen molar-refractivity contribution in [1.82, 2.24) is 10.2 Å². The lowest BCUT2D eigenvalue weighted by atomic mass is 9.90. The van der Waals surface area contributed by atoms with Crippen LogP contribution in [0.4, 0.5) is 4.79 Å². The minimum Gasteiger partial charge on any atom is -0.468 e. The lowest BCUT2D eigenvalue weighted by molar-refractivity contribution is -0.0879. The second-order valence-corrected chi connectivity index (χ2v) is 6.67. The SMILES string of the molecule is C[C@]12C[C@H](NC(=O)N1Cc1ccccc1)c1cc(Cl)ccc1O2. The van der Waals surface area contributed by atoms with Gasteiger partial charge >= 0.3 is 6.03 Å². The van der Waals surface area contributed by atoms with E-state index in [1.165, 1.54) is 0 Å². The average molecular weight is 329 g/mol. The second-order valence-electron chi connectivity index (χ2n) is 6.24. The van der Waals surface area contributed by atoms with Crippen LogP contribution in [0.1, 0.15) is 30.5 Å². The second kappa shape index (κ2) is 5.17. The molecule has 1 fully saturated rings. The van der Waals surface area contributed by atoms with Gasteiger partial charge in [-0.05, 0) is 30.7 Å². The van der Waals surface area contributed by atoms with Crippen molar-refractivity contribution in [3.63, 3.8) is 0 Å². The number of benzene rings is 2. The number of nitrogens with one attached hydrogen (secondary N) is 1. The van der Waals surface area contributed by atoms with Crippen LogP contribution in [0.15, 0.2) is 48.5 Å². The number of ether oxygens (including phenoxy) is 1. The Hall–Kier alpha value is -2.20. The molecule has 4 nitrogen and oxygen atoms in total. The van der Waals surface area contributed by atoms with E-state index in [-0.39, 0.29) is 12.1 Å². The van der Waals surface area contributed by atoms with Gasteiger partial charge in [0, 0.05) is 17.0 Å². The Kier molecular flexibility index (Phi) is 3.23. The average Bonchev–Trinajstić information content (AvgIpc) is 2.53. The number of amides is 2. The molecule has 2 bridgehead atoms. The summed E-state index contributed by atoms with van der Waals surface area (Å²) in [5, 5.41) is 3.72. The van der Waals surface area contributed by atoms with E-state index in [1.807, 2.05) is 55.5 Å². The lowest BCUT2D eigenvalue weighted by Gasteiger charge is -2.50. The third kappa shape index (κ3) is 2.43. The Morgan fingerprint density at radius 2 is 2.09 bits per heavy atom. The highest BCUT2D eigenvalue weighted by Crippen LogP contribution is 2.45. The van der Waals surface area contributed by atoms with Crippen molar-refractivity contribution in [2.45, 2.75) is 31.7 Å². The van der Waals surface area contributed by atoms with Gasteiger partial charge in [0.25, 0.3) is 0 Å². The zero-order valence-corrected chi connectivity index (χ0v) is 13.5. The number of nitrogens with zero attached hydrogens (tertiary/aromatic N) is 1. The molecular formula is C18H17ClN2O2. The van der Waals surface area contributed by atoms with E-state index in [1.54, 1.807) is 4.90 Å². The number of hydrogen-bond donors (Lipinski definition) is 1. The van der Waals surface area contributed by atoms with E-state index in [2.05, 4.69) is 5.32 Å². The Morgan fingerprint density at radius 3 is 2.87 bits per heavy atom. The number of urea groups is 1. The Balaban J connectivity index is 1.69. The van der Waals surface area contributed by atoms with Crippen LogP contribution in [0.5, 0.6) is 5.75 Å². The van der Waals surface area contributed by atoms with Gasteiger partial charge in [0.1, 0.15) is 5.75 Å². The molecule has 2 heterocycles. The number of hydrogen-bond acceptors (Lipinski definition) is 2. The van der Waals surface area contributed by atoms with Gasteiger partial charge in [-0.3, -0.25) is 4.90 Å². The van der Waals surface area contributed by atoms with E-state index in [0.717, 1.165) is 16.9 Å². The first kappa shape index (κ1) is 14.4. The van der Waals surface area contributed by atoms with Crippen LogP contribution in [-0.4, -0.2) is 16.7 Å². The fourth-order valence-electron chi connectivity index (χ4n) is 3.39. The molecular weight excluding hydrogens is 312 g/mol. The van der Waals surface area contributed by atoms with E-state index >= 15 is 0 Å². The summed E-state index contributed by atoms with van der Waals surface area (Å²) < 4.78 is 6.21. The van der Waals surface area contributed by atoms with Crippen LogP contribution in [0.3, 0.4) is 0 Å². The highest BCUT2D eigenvalue weighted by molar-refractivity contribution is 6.30. The van der Waals surface area contributed by atoms with Crippen molar-refractivity contribution >= 4 is 17.6 Å². The van der Waals surface area contributed by atoms with Crippen molar-refractivity contribution < 1.29 is 9.53 Å². The van der Waals surface area contributed by atoms with Gasteiger partial charge in [-0.25, -0.2) is 4.79 Å². The number of halogens is 1. The lowest BCUT2D eigenvalue weighted by Crippen LogP contribution is -2.64. The number of carbonyl (C=O) groups is 1. The van der Waals surface area contributed by atoms with Gasteiger partial charge in [0.05, 0.1) is 12.6 Å². The molecule has 2 aliphatic heterocycles. The van der Waals surface area contributed by atoms with Gasteiger partial charge in [0.15, 0.2) is 5.72 Å². The maximum absolute atomic E-state index is 12.6. The predicted molar refractivity (Wildman–Crippen MR) is 88.4 cm³/mol. The molecule has 2 atom stereocenters. The van der Waals surface area contributed by atoms with Crippen LogP contribution in [0.2, 0.25) is 5.02 Å². The van der Waals surface area contributed by atoms with Crippen LogP contribution >= 0.6 is 11.6 Å². The summed E-state index contributed by atoms with van der Waals surface area (Å²) in [5.41, 5.74) is 1.36. The maximum Gasteiger partial charge on any atom is 0.321 e. The Bertz CT molecular complexity index is 765. The minimum atomic E-state index is -0.663. The number of fused-ring (bicyclic) bond motifs is 4. The molecule has 5 heteroatoms. The van der Waals surface area contributed by atoms with E-state index < -0.39 is 5.72 Å². The molecule has 1 N–H and O–H groups in total. The fourth-order valence-corrected chi connectivity index (χ4v) is 3.57. The molecule has 23 heavy (non-hydrogen) atoms. The molecule has 4 rings (SSSR count). The van der Waals surface area contributed by atoms with Crippen molar-refractivity contribution in [2.24, 2.45) is 0 Å². The summed E-state index contributed by atoms with van der Waals surface area (Å²) >= 11 is 6.08. The Morgan fingerprint density at radius 1 is 1.30 bits per heavy atom. The largest absolute Gasteiger partial charge is 0.468 e. The molecule has 2 amide bonds. The Labute approximate surface area is 140 Å². The van der Waals surface area contributed by atoms with Crippen molar-refractivity contribution in [2.75, 3.05) is 0 Å². The van der Waals surface area contributed by atoms with E-state index in [4.69, 9.17) is 16.3 Å². The normalized spacial score (nSPS) is 25.4. The van der Waals surface area contributed by atoms with Gasteiger partial charge in [-0.15, -0.1) is 0 Å². The molecule has 0 saturated carbocycles. The van der Waals surface area contributed by atoms with Crippen molar-refractivity contribution in [3.05, 3.63) is 64.7 Å². The summed E-state index contributed by atoms with van der Waals surface area (Å²) in [7, 11) is 0. The molecule has 1 saturated heterocycles. The van der Waals surface area contributed by atoms with Crippen LogP contribution in [0.25, 0.3) is 0 Å². The van der Waals surface area contributed by atoms with Gasteiger partial charge < -0.3 is 10.1 Å². The highest BCUT2D eigenvalue weighted by atomic mass is 35.5. The van der Waals surface area contributed by atoms with Crippen LogP contribution in [0, 0.1) is 0 Å². The van der Waals surface area contributed by atoms with Crippen LogP contribution < -0.4 is 10.1 Å². The number of rotatable bonds is 2. The topological polar surface area (TPSA) is 41.6 Å². The van der Waals surface area contributed by atoms with Gasteiger partial charge in [-0.2, -0.15) is 0 Å². The molecule has 2 aromatic rings. The van der Waals surface area contributed by atoms with Crippen LogP contribution in [-0.2, 0) is 6.54 Å².